The molecule has 0 atom stereocenters. The number of aliphatic hydroxyl groups is 1. The highest BCUT2D eigenvalue weighted by Gasteiger charge is 2.30. The molecule has 5 heterocycles. The van der Waals surface area contributed by atoms with Crippen LogP contribution in [0.5, 0.6) is 0 Å². The van der Waals surface area contributed by atoms with Crippen LogP contribution in [-0.4, -0.2) is 89.7 Å². The van der Waals surface area contributed by atoms with Crippen LogP contribution in [0, 0.1) is 17.1 Å². The minimum atomic E-state index is -0.382. The summed E-state index contributed by atoms with van der Waals surface area (Å²) in [6.45, 7) is 6.44. The second-order valence-electron chi connectivity index (χ2n) is 10.3. The van der Waals surface area contributed by atoms with E-state index in [1.54, 1.807) is 28.4 Å². The number of aliphatic hydroxyl groups excluding tert-OH is 1. The largest absolute Gasteiger partial charge is 0.389 e. The number of amides is 1. The van der Waals surface area contributed by atoms with Gasteiger partial charge in [0, 0.05) is 56.8 Å². The van der Waals surface area contributed by atoms with Crippen molar-refractivity contribution in [1.82, 2.24) is 19.8 Å². The number of hydrogen-bond acceptors (Lipinski definition) is 10. The maximum atomic E-state index is 13.5. The van der Waals surface area contributed by atoms with Gasteiger partial charge >= 0.3 is 0 Å². The molecule has 0 radical (unpaired) electrons. The van der Waals surface area contributed by atoms with Gasteiger partial charge in [-0.15, -0.1) is 11.3 Å². The predicted octanol–water partition coefficient (Wildman–Crippen LogP) is 4.09. The number of carbonyl (C=O) groups is 1. The van der Waals surface area contributed by atoms with Crippen molar-refractivity contribution in [1.29, 1.82) is 5.26 Å². The maximum Gasteiger partial charge on any atom is 0.236 e. The van der Waals surface area contributed by atoms with E-state index in [4.69, 9.17) is 9.97 Å². The van der Waals surface area contributed by atoms with Crippen molar-refractivity contribution in [3.8, 4) is 17.3 Å². The van der Waals surface area contributed by atoms with Gasteiger partial charge in [-0.05, 0) is 42.8 Å². The number of benzene rings is 1. The second kappa shape index (κ2) is 11.3. The van der Waals surface area contributed by atoms with Crippen molar-refractivity contribution in [3.63, 3.8) is 0 Å². The number of thiophene rings is 1. The molecule has 2 fully saturated rings. The van der Waals surface area contributed by atoms with Crippen LogP contribution in [0.2, 0.25) is 0 Å². The van der Waals surface area contributed by atoms with E-state index in [-0.39, 0.29) is 17.8 Å². The number of aromatic nitrogens is 2. The van der Waals surface area contributed by atoms with Gasteiger partial charge < -0.3 is 19.8 Å². The van der Waals surface area contributed by atoms with Gasteiger partial charge in [-0.1, -0.05) is 18.3 Å². The van der Waals surface area contributed by atoms with E-state index in [9.17, 15) is 19.6 Å². The molecule has 41 heavy (non-hydrogen) atoms. The lowest BCUT2D eigenvalue weighted by Gasteiger charge is -2.39. The molecule has 0 unspecified atom stereocenters. The molecule has 2 aliphatic heterocycles. The molecule has 1 aromatic carbocycles. The van der Waals surface area contributed by atoms with Gasteiger partial charge in [0.1, 0.15) is 33.8 Å². The summed E-state index contributed by atoms with van der Waals surface area (Å²) in [5.41, 5.74) is 3.14. The van der Waals surface area contributed by atoms with E-state index in [0.29, 0.717) is 40.9 Å². The number of hydrogen-bond donors (Lipinski definition) is 1. The van der Waals surface area contributed by atoms with Crippen molar-refractivity contribution in [2.75, 3.05) is 62.7 Å². The first-order valence-electron chi connectivity index (χ1n) is 13.6. The van der Waals surface area contributed by atoms with Crippen LogP contribution in [0.4, 0.5) is 21.0 Å². The van der Waals surface area contributed by atoms with Gasteiger partial charge in [-0.3, -0.25) is 9.69 Å². The number of halogens is 1. The van der Waals surface area contributed by atoms with Crippen molar-refractivity contribution in [3.05, 3.63) is 52.0 Å². The molecule has 4 aromatic rings. The number of nitriles is 1. The lowest BCUT2D eigenvalue weighted by Crippen LogP contribution is -2.57. The normalized spacial score (nSPS) is 16.2. The summed E-state index contributed by atoms with van der Waals surface area (Å²) in [7, 11) is 1.95. The number of nitrogens with zero attached hydrogens (tertiary/aromatic N) is 7. The van der Waals surface area contributed by atoms with Gasteiger partial charge in [0.25, 0.3) is 0 Å². The lowest BCUT2D eigenvalue weighted by atomic mass is 10.1. The highest BCUT2D eigenvalue weighted by Crippen LogP contribution is 2.43. The summed E-state index contributed by atoms with van der Waals surface area (Å²) in [6.07, 6.45) is 0.449. The van der Waals surface area contributed by atoms with E-state index in [2.05, 4.69) is 34.9 Å². The summed E-state index contributed by atoms with van der Waals surface area (Å²) in [4.78, 5) is 32.2. The Morgan fingerprint density at radius 1 is 1.12 bits per heavy atom. The van der Waals surface area contributed by atoms with Gasteiger partial charge in [0.2, 0.25) is 5.91 Å². The number of rotatable bonds is 7. The third-order valence-electron chi connectivity index (χ3n) is 7.61. The van der Waals surface area contributed by atoms with Crippen LogP contribution in [0.1, 0.15) is 16.7 Å². The number of β-amino-alcohol motifs (C(OH)–C–C–N with tert-alkyl or cyclic N) is 1. The Balaban J connectivity index is 1.24. The monoisotopic (exact) mass is 591 g/mol. The summed E-state index contributed by atoms with van der Waals surface area (Å²) in [5, 5.41) is 20.0. The molecule has 12 heteroatoms. The van der Waals surface area contributed by atoms with E-state index in [1.165, 1.54) is 28.3 Å². The lowest BCUT2D eigenvalue weighted by molar-refractivity contribution is -0.142. The molecule has 0 saturated carbocycles. The molecule has 0 spiro atoms. The zero-order valence-corrected chi connectivity index (χ0v) is 24.5. The highest BCUT2D eigenvalue weighted by atomic mass is 32.1. The van der Waals surface area contributed by atoms with E-state index >= 15 is 0 Å². The number of pyridine rings is 1. The standard InChI is InChI=1S/C29H30FN7O2S2/c1-3-21-28(34(2)29-33-26(23(14-31)41-29)18-4-6-19(30)7-5-18)27-22(40-21)8-9-24(32-27)36-12-10-35(11-13-36)17-25(39)37-15-20(38)16-37/h4-9,20,38H,3,10-13,15-17H2,1-2H3. The minimum absolute atomic E-state index is 0.0747. The third kappa shape index (κ3) is 5.38. The molecule has 2 saturated heterocycles. The predicted molar refractivity (Wildman–Crippen MR) is 161 cm³/mol. The van der Waals surface area contributed by atoms with Crippen molar-refractivity contribution < 1.29 is 14.3 Å². The SMILES string of the molecule is CCc1sc2ccc(N3CCN(CC(=O)N4CC(O)C4)CC3)nc2c1N(C)c1nc(-c2ccc(F)cc2)c(C#N)s1. The summed E-state index contributed by atoms with van der Waals surface area (Å²) >= 11 is 3.03. The van der Waals surface area contributed by atoms with Crippen LogP contribution in [-0.2, 0) is 11.2 Å². The average Bonchev–Trinajstić information content (AvgIpc) is 3.57. The number of anilines is 3. The Morgan fingerprint density at radius 3 is 2.51 bits per heavy atom. The number of piperazine rings is 1. The summed E-state index contributed by atoms with van der Waals surface area (Å²) in [5.74, 6) is 0.639. The first-order chi connectivity index (χ1) is 19.8. The molecule has 212 valence electrons. The smallest absolute Gasteiger partial charge is 0.236 e. The fourth-order valence-corrected chi connectivity index (χ4v) is 7.24. The number of likely N-dealkylation sites (tertiary alicyclic amines) is 1. The molecule has 0 bridgehead atoms. The molecule has 1 amide bonds. The second-order valence-corrected chi connectivity index (χ2v) is 12.4. The third-order valence-corrected chi connectivity index (χ3v) is 9.93. The zero-order chi connectivity index (χ0) is 28.7. The molecular formula is C29H30FN7O2S2. The van der Waals surface area contributed by atoms with Crippen LogP contribution < -0.4 is 9.80 Å². The van der Waals surface area contributed by atoms with E-state index < -0.39 is 0 Å². The van der Waals surface area contributed by atoms with Gasteiger partial charge in [-0.2, -0.15) is 5.26 Å². The van der Waals surface area contributed by atoms with Gasteiger partial charge in [-0.25, -0.2) is 14.4 Å². The maximum absolute atomic E-state index is 13.5. The Labute approximate surface area is 245 Å². The van der Waals surface area contributed by atoms with Gasteiger partial charge in [0.05, 0.1) is 23.0 Å². The topological polar surface area (TPSA) is 99.8 Å². The first-order valence-corrected chi connectivity index (χ1v) is 15.2. The Morgan fingerprint density at radius 2 is 1.85 bits per heavy atom. The fraction of sp³-hybridized carbons (Fsp3) is 0.379. The van der Waals surface area contributed by atoms with Crippen LogP contribution in [0.3, 0.4) is 0 Å². The highest BCUT2D eigenvalue weighted by molar-refractivity contribution is 7.20. The Bertz CT molecular complexity index is 1620. The van der Waals surface area contributed by atoms with Crippen molar-refractivity contribution >= 4 is 55.4 Å². The summed E-state index contributed by atoms with van der Waals surface area (Å²) < 4.78 is 14.6. The Hall–Kier alpha value is -3.63. The van der Waals surface area contributed by atoms with E-state index in [1.807, 2.05) is 11.9 Å². The number of thiazole rings is 1. The van der Waals surface area contributed by atoms with E-state index in [0.717, 1.165) is 54.3 Å². The van der Waals surface area contributed by atoms with Crippen LogP contribution >= 0.6 is 22.7 Å². The molecule has 6 rings (SSSR count). The quantitative estimate of drug-likeness (QED) is 0.343. The molecule has 0 aliphatic carbocycles. The number of fused-ring (bicyclic) bond motifs is 1. The Kier molecular flexibility index (Phi) is 7.61. The van der Waals surface area contributed by atoms with Crippen molar-refractivity contribution in [2.45, 2.75) is 19.4 Å². The average molecular weight is 592 g/mol. The van der Waals surface area contributed by atoms with Gasteiger partial charge in [0.15, 0.2) is 5.13 Å². The first kappa shape index (κ1) is 27.5. The molecule has 9 nitrogen and oxygen atoms in total. The summed E-state index contributed by atoms with van der Waals surface area (Å²) in [6, 6.07) is 12.5. The fourth-order valence-electron chi connectivity index (χ4n) is 5.28. The molecule has 1 N–H and O–H groups in total. The van der Waals surface area contributed by atoms with Crippen molar-refractivity contribution in [2.24, 2.45) is 0 Å². The number of carbonyl (C=O) groups excluding carboxylic acids is 1. The molecule has 2 aliphatic rings. The minimum Gasteiger partial charge on any atom is -0.389 e. The zero-order valence-electron chi connectivity index (χ0n) is 22.9. The number of aryl methyl sites for hydroxylation is 1. The van der Waals surface area contributed by atoms with Crippen LogP contribution in [0.15, 0.2) is 36.4 Å². The van der Waals surface area contributed by atoms with Crippen LogP contribution in [0.25, 0.3) is 21.5 Å². The molecular weight excluding hydrogens is 561 g/mol. The molecule has 3 aromatic heterocycles.